The summed E-state index contributed by atoms with van der Waals surface area (Å²) in [4.78, 5) is 23.9. The quantitative estimate of drug-likeness (QED) is 0.461. The highest BCUT2D eigenvalue weighted by molar-refractivity contribution is 7.92. The number of carbonyl (C=O) groups excluding carboxylic acids is 1. The zero-order valence-electron chi connectivity index (χ0n) is 18.5. The third-order valence-corrected chi connectivity index (χ3v) is 6.34. The topological polar surface area (TPSA) is 110 Å². The van der Waals surface area contributed by atoms with Crippen molar-refractivity contribution in [1.82, 2.24) is 5.32 Å². The predicted octanol–water partition coefficient (Wildman–Crippen LogP) is 4.02. The Labute approximate surface area is 183 Å². The van der Waals surface area contributed by atoms with Crippen molar-refractivity contribution in [2.45, 2.75) is 52.6 Å². The molecule has 0 aliphatic heterocycles. The number of hydrogen-bond acceptors (Lipinski definition) is 5. The lowest BCUT2D eigenvalue weighted by molar-refractivity contribution is -0.384. The van der Waals surface area contributed by atoms with Gasteiger partial charge in [0.15, 0.2) is 0 Å². The van der Waals surface area contributed by atoms with Gasteiger partial charge in [-0.1, -0.05) is 49.7 Å². The van der Waals surface area contributed by atoms with Gasteiger partial charge in [0.2, 0.25) is 15.9 Å². The Morgan fingerprint density at radius 2 is 1.71 bits per heavy atom. The SMILES string of the molecule is CCC(NC(=O)C(CC)N(c1cc([N+](=O)[O-])ccc1C)S(C)(=O)=O)c1ccc(C)cc1. The number of anilines is 1. The number of aryl methyl sites for hydroxylation is 2. The second kappa shape index (κ2) is 9.91. The van der Waals surface area contributed by atoms with E-state index in [0.29, 0.717) is 12.0 Å². The summed E-state index contributed by atoms with van der Waals surface area (Å²) < 4.78 is 26.4. The summed E-state index contributed by atoms with van der Waals surface area (Å²) in [5.74, 6) is -0.453. The summed E-state index contributed by atoms with van der Waals surface area (Å²) in [7, 11) is -3.90. The number of rotatable bonds is 9. The van der Waals surface area contributed by atoms with E-state index in [0.717, 1.165) is 21.7 Å². The Balaban J connectivity index is 2.45. The number of nitrogens with one attached hydrogen (secondary N) is 1. The predicted molar refractivity (Wildman–Crippen MR) is 122 cm³/mol. The molecule has 0 aliphatic carbocycles. The molecular weight excluding hydrogens is 418 g/mol. The summed E-state index contributed by atoms with van der Waals surface area (Å²) in [6.07, 6.45) is 1.82. The highest BCUT2D eigenvalue weighted by atomic mass is 32.2. The van der Waals surface area contributed by atoms with E-state index >= 15 is 0 Å². The van der Waals surface area contributed by atoms with E-state index in [9.17, 15) is 23.3 Å². The summed E-state index contributed by atoms with van der Waals surface area (Å²) in [5.41, 5.74) is 2.43. The van der Waals surface area contributed by atoms with Crippen LogP contribution in [-0.2, 0) is 14.8 Å². The van der Waals surface area contributed by atoms with Crippen molar-refractivity contribution in [3.8, 4) is 0 Å². The number of benzene rings is 2. The lowest BCUT2D eigenvalue weighted by Gasteiger charge is -2.32. The first kappa shape index (κ1) is 24.3. The maximum absolute atomic E-state index is 13.2. The highest BCUT2D eigenvalue weighted by Gasteiger charge is 2.34. The largest absolute Gasteiger partial charge is 0.347 e. The van der Waals surface area contributed by atoms with Crippen LogP contribution in [0.3, 0.4) is 0 Å². The molecule has 0 heterocycles. The monoisotopic (exact) mass is 447 g/mol. The standard InChI is InChI=1S/C22H29N3O5S/c1-6-19(17-11-8-15(3)9-12-17)23-22(26)20(7-2)24(31(5,29)30)21-14-18(25(27)28)13-10-16(21)4/h8-14,19-20H,6-7H2,1-5H3,(H,23,26). The van der Waals surface area contributed by atoms with Gasteiger partial charge in [-0.05, 0) is 37.8 Å². The molecule has 8 nitrogen and oxygen atoms in total. The lowest BCUT2D eigenvalue weighted by atomic mass is 10.0. The van der Waals surface area contributed by atoms with Crippen LogP contribution in [0.5, 0.6) is 0 Å². The Kier molecular flexibility index (Phi) is 7.78. The Morgan fingerprint density at radius 3 is 2.19 bits per heavy atom. The fourth-order valence-corrected chi connectivity index (χ4v) is 4.73. The Bertz CT molecular complexity index is 1050. The highest BCUT2D eigenvalue weighted by Crippen LogP contribution is 2.30. The molecule has 2 unspecified atom stereocenters. The number of carbonyl (C=O) groups is 1. The molecule has 1 amide bonds. The molecule has 168 valence electrons. The maximum atomic E-state index is 13.2. The van der Waals surface area contributed by atoms with Gasteiger partial charge < -0.3 is 5.32 Å². The number of nitro benzene ring substituents is 1. The zero-order valence-corrected chi connectivity index (χ0v) is 19.3. The molecule has 0 aromatic heterocycles. The van der Waals surface area contributed by atoms with E-state index in [1.807, 2.05) is 38.1 Å². The molecule has 1 N–H and O–H groups in total. The van der Waals surface area contributed by atoms with E-state index in [4.69, 9.17) is 0 Å². The summed E-state index contributed by atoms with van der Waals surface area (Å²) in [5, 5.41) is 14.2. The number of sulfonamides is 1. The van der Waals surface area contributed by atoms with Gasteiger partial charge in [0.05, 0.1) is 22.9 Å². The average Bonchev–Trinajstić information content (AvgIpc) is 2.70. The number of amides is 1. The molecule has 2 aromatic rings. The first-order chi connectivity index (χ1) is 14.5. The van der Waals surface area contributed by atoms with Crippen LogP contribution in [0.1, 0.15) is 49.4 Å². The van der Waals surface area contributed by atoms with Crippen molar-refractivity contribution in [1.29, 1.82) is 0 Å². The molecule has 0 fully saturated rings. The first-order valence-corrected chi connectivity index (χ1v) is 12.0. The van der Waals surface area contributed by atoms with Gasteiger partial charge in [-0.3, -0.25) is 19.2 Å². The lowest BCUT2D eigenvalue weighted by Crippen LogP contribution is -2.50. The number of non-ortho nitro benzene ring substituents is 1. The van der Waals surface area contributed by atoms with Crippen LogP contribution >= 0.6 is 0 Å². The molecule has 2 rings (SSSR count). The summed E-state index contributed by atoms with van der Waals surface area (Å²) >= 11 is 0. The second-order valence-corrected chi connectivity index (χ2v) is 9.45. The average molecular weight is 448 g/mol. The molecule has 9 heteroatoms. The minimum Gasteiger partial charge on any atom is -0.347 e. The normalized spacial score (nSPS) is 13.3. The van der Waals surface area contributed by atoms with Crippen LogP contribution in [0.15, 0.2) is 42.5 Å². The van der Waals surface area contributed by atoms with Crippen molar-refractivity contribution in [3.05, 3.63) is 69.3 Å². The minimum absolute atomic E-state index is 0.127. The smallest absolute Gasteiger partial charge is 0.271 e. The molecule has 0 aliphatic rings. The number of nitrogens with zero attached hydrogens (tertiary/aromatic N) is 2. The fraction of sp³-hybridized carbons (Fsp3) is 0.409. The van der Waals surface area contributed by atoms with Gasteiger partial charge in [-0.2, -0.15) is 0 Å². The van der Waals surface area contributed by atoms with Gasteiger partial charge in [-0.25, -0.2) is 8.42 Å². The summed E-state index contributed by atoms with van der Waals surface area (Å²) in [6.45, 7) is 7.28. The van der Waals surface area contributed by atoms with Crippen LogP contribution in [0, 0.1) is 24.0 Å². The fourth-order valence-electron chi connectivity index (χ4n) is 3.47. The first-order valence-electron chi connectivity index (χ1n) is 10.1. The zero-order chi connectivity index (χ0) is 23.3. The van der Waals surface area contributed by atoms with Crippen LogP contribution in [0.25, 0.3) is 0 Å². The Morgan fingerprint density at radius 1 is 1.10 bits per heavy atom. The van der Waals surface area contributed by atoms with Crippen molar-refractivity contribution >= 4 is 27.3 Å². The van der Waals surface area contributed by atoms with Gasteiger partial charge in [-0.15, -0.1) is 0 Å². The van der Waals surface area contributed by atoms with Crippen LogP contribution < -0.4 is 9.62 Å². The van der Waals surface area contributed by atoms with Crippen molar-refractivity contribution in [2.24, 2.45) is 0 Å². The van der Waals surface area contributed by atoms with E-state index in [1.54, 1.807) is 13.8 Å². The van der Waals surface area contributed by atoms with E-state index in [2.05, 4.69) is 5.32 Å². The molecule has 0 radical (unpaired) electrons. The molecule has 31 heavy (non-hydrogen) atoms. The van der Waals surface area contributed by atoms with Crippen LogP contribution in [0.2, 0.25) is 0 Å². The number of nitro groups is 1. The van der Waals surface area contributed by atoms with Crippen LogP contribution in [0.4, 0.5) is 11.4 Å². The van der Waals surface area contributed by atoms with Crippen molar-refractivity contribution in [2.75, 3.05) is 10.6 Å². The van der Waals surface area contributed by atoms with E-state index < -0.39 is 26.9 Å². The van der Waals surface area contributed by atoms with Crippen LogP contribution in [-0.4, -0.2) is 31.5 Å². The van der Waals surface area contributed by atoms with E-state index in [1.165, 1.54) is 18.2 Å². The molecule has 0 bridgehead atoms. The third kappa shape index (κ3) is 5.81. The third-order valence-electron chi connectivity index (χ3n) is 5.18. The molecule has 2 aromatic carbocycles. The molecule has 2 atom stereocenters. The second-order valence-electron chi connectivity index (χ2n) is 7.59. The van der Waals surface area contributed by atoms with Crippen molar-refractivity contribution in [3.63, 3.8) is 0 Å². The molecule has 0 spiro atoms. The van der Waals surface area contributed by atoms with Gasteiger partial charge in [0.1, 0.15) is 6.04 Å². The van der Waals surface area contributed by atoms with E-state index in [-0.39, 0.29) is 23.8 Å². The molecule has 0 saturated carbocycles. The van der Waals surface area contributed by atoms with Crippen molar-refractivity contribution < 1.29 is 18.1 Å². The Hall–Kier alpha value is -2.94. The maximum Gasteiger partial charge on any atom is 0.271 e. The minimum atomic E-state index is -3.90. The molecule has 0 saturated heterocycles. The van der Waals surface area contributed by atoms with Gasteiger partial charge >= 0.3 is 0 Å². The van der Waals surface area contributed by atoms with Gasteiger partial charge in [0, 0.05) is 12.1 Å². The summed E-state index contributed by atoms with van der Waals surface area (Å²) in [6, 6.07) is 10.4. The number of hydrogen-bond donors (Lipinski definition) is 1. The van der Waals surface area contributed by atoms with Gasteiger partial charge in [0.25, 0.3) is 5.69 Å². The molecular formula is C22H29N3O5S.